The zero-order chi connectivity index (χ0) is 11.4. The molecule has 0 aliphatic rings. The molecule has 82 valence electrons. The molecular weight excluding hydrogens is 216 g/mol. The quantitative estimate of drug-likeness (QED) is 0.879. The van der Waals surface area contributed by atoms with Crippen LogP contribution >= 0.6 is 11.8 Å². The molecule has 2 rings (SSSR count). The average molecular weight is 230 g/mol. The number of nitrogens with two attached hydrogens (primary N) is 1. The summed E-state index contributed by atoms with van der Waals surface area (Å²) < 4.78 is 0. The van der Waals surface area contributed by atoms with E-state index in [1.807, 2.05) is 19.1 Å². The fraction of sp³-hybridized carbons (Fsp3) is 0.154. The van der Waals surface area contributed by atoms with Crippen LogP contribution in [0.1, 0.15) is 18.5 Å². The molecule has 0 fully saturated rings. The Kier molecular flexibility index (Phi) is 3.59. The molecule has 1 aromatic carbocycles. The zero-order valence-corrected chi connectivity index (χ0v) is 9.95. The van der Waals surface area contributed by atoms with Crippen LogP contribution < -0.4 is 5.73 Å². The number of nitrogens with zero attached hydrogens (tertiary/aromatic N) is 1. The van der Waals surface area contributed by atoms with Crippen LogP contribution in [0.2, 0.25) is 0 Å². The van der Waals surface area contributed by atoms with Crippen LogP contribution in [0.3, 0.4) is 0 Å². The lowest BCUT2D eigenvalue weighted by Crippen LogP contribution is -2.04. The van der Waals surface area contributed by atoms with Crippen molar-refractivity contribution in [2.24, 2.45) is 5.73 Å². The Morgan fingerprint density at radius 2 is 1.56 bits per heavy atom. The van der Waals surface area contributed by atoms with Gasteiger partial charge >= 0.3 is 0 Å². The van der Waals surface area contributed by atoms with E-state index in [-0.39, 0.29) is 6.04 Å². The lowest BCUT2D eigenvalue weighted by Gasteiger charge is -2.06. The number of aromatic nitrogens is 1. The molecule has 0 saturated heterocycles. The second kappa shape index (κ2) is 5.14. The van der Waals surface area contributed by atoms with Crippen molar-refractivity contribution in [2.45, 2.75) is 22.8 Å². The first kappa shape index (κ1) is 11.2. The first-order chi connectivity index (χ1) is 7.75. The third kappa shape index (κ3) is 2.84. The highest BCUT2D eigenvalue weighted by atomic mass is 32.2. The zero-order valence-electron chi connectivity index (χ0n) is 9.13. The molecule has 0 spiro atoms. The summed E-state index contributed by atoms with van der Waals surface area (Å²) in [6, 6.07) is 12.5. The maximum atomic E-state index is 5.80. The summed E-state index contributed by atoms with van der Waals surface area (Å²) in [6.07, 6.45) is 3.61. The Bertz CT molecular complexity index is 437. The SMILES string of the molecule is C[C@@H](N)c1ccc(Sc2ccncc2)cc1. The van der Waals surface area contributed by atoms with Gasteiger partial charge in [-0.2, -0.15) is 0 Å². The molecule has 16 heavy (non-hydrogen) atoms. The summed E-state index contributed by atoms with van der Waals surface area (Å²) in [4.78, 5) is 6.41. The number of rotatable bonds is 3. The van der Waals surface area contributed by atoms with Crippen molar-refractivity contribution in [2.75, 3.05) is 0 Å². The van der Waals surface area contributed by atoms with Crippen LogP contribution in [0.25, 0.3) is 0 Å². The molecule has 2 aromatic rings. The molecule has 2 N–H and O–H groups in total. The molecule has 2 nitrogen and oxygen atoms in total. The van der Waals surface area contributed by atoms with Gasteiger partial charge in [-0.05, 0) is 36.8 Å². The molecule has 1 atom stereocenters. The molecule has 0 radical (unpaired) electrons. The summed E-state index contributed by atoms with van der Waals surface area (Å²) >= 11 is 1.73. The minimum Gasteiger partial charge on any atom is -0.324 e. The van der Waals surface area contributed by atoms with Gasteiger partial charge in [0.25, 0.3) is 0 Å². The normalized spacial score (nSPS) is 12.4. The fourth-order valence-electron chi connectivity index (χ4n) is 1.38. The van der Waals surface area contributed by atoms with Crippen molar-refractivity contribution in [3.63, 3.8) is 0 Å². The van der Waals surface area contributed by atoms with E-state index >= 15 is 0 Å². The van der Waals surface area contributed by atoms with E-state index in [4.69, 9.17) is 5.73 Å². The van der Waals surface area contributed by atoms with E-state index < -0.39 is 0 Å². The molecule has 0 aliphatic heterocycles. The van der Waals surface area contributed by atoms with Gasteiger partial charge in [-0.25, -0.2) is 0 Å². The van der Waals surface area contributed by atoms with Crippen molar-refractivity contribution in [1.29, 1.82) is 0 Å². The summed E-state index contributed by atoms with van der Waals surface area (Å²) in [7, 11) is 0. The smallest absolute Gasteiger partial charge is 0.0279 e. The molecule has 3 heteroatoms. The summed E-state index contributed by atoms with van der Waals surface area (Å²) in [5, 5.41) is 0. The van der Waals surface area contributed by atoms with Crippen molar-refractivity contribution in [1.82, 2.24) is 4.98 Å². The lowest BCUT2D eigenvalue weighted by atomic mass is 10.1. The van der Waals surface area contributed by atoms with Gasteiger partial charge in [0.2, 0.25) is 0 Å². The molecule has 0 unspecified atom stereocenters. The van der Waals surface area contributed by atoms with Crippen molar-refractivity contribution in [3.05, 3.63) is 54.4 Å². The number of hydrogen-bond donors (Lipinski definition) is 1. The molecule has 1 heterocycles. The largest absolute Gasteiger partial charge is 0.324 e. The van der Waals surface area contributed by atoms with E-state index in [0.717, 1.165) is 0 Å². The number of benzene rings is 1. The van der Waals surface area contributed by atoms with E-state index in [1.165, 1.54) is 15.4 Å². The standard InChI is InChI=1S/C13H14N2S/c1-10(14)11-2-4-12(5-3-11)16-13-6-8-15-9-7-13/h2-10H,14H2,1H3/t10-/m1/s1. The molecule has 1 aromatic heterocycles. The first-order valence-electron chi connectivity index (χ1n) is 5.19. The monoisotopic (exact) mass is 230 g/mol. The van der Waals surface area contributed by atoms with Gasteiger partial charge in [0.05, 0.1) is 0 Å². The minimum atomic E-state index is 0.0972. The molecule has 0 bridgehead atoms. The van der Waals surface area contributed by atoms with Gasteiger partial charge < -0.3 is 5.73 Å². The highest BCUT2D eigenvalue weighted by Crippen LogP contribution is 2.27. The Hall–Kier alpha value is -1.32. The summed E-state index contributed by atoms with van der Waals surface area (Å²) in [5.41, 5.74) is 6.97. The maximum Gasteiger partial charge on any atom is 0.0279 e. The van der Waals surface area contributed by atoms with Gasteiger partial charge in [0.1, 0.15) is 0 Å². The van der Waals surface area contributed by atoms with Crippen LogP contribution in [0.4, 0.5) is 0 Å². The Morgan fingerprint density at radius 3 is 2.12 bits per heavy atom. The van der Waals surface area contributed by atoms with Crippen LogP contribution in [0.15, 0.2) is 58.6 Å². The summed E-state index contributed by atoms with van der Waals surface area (Å²) in [5.74, 6) is 0. The van der Waals surface area contributed by atoms with Gasteiger partial charge in [0.15, 0.2) is 0 Å². The second-order valence-electron chi connectivity index (χ2n) is 3.64. The predicted octanol–water partition coefficient (Wildman–Crippen LogP) is 3.25. The van der Waals surface area contributed by atoms with Crippen LogP contribution in [0, 0.1) is 0 Å². The highest BCUT2D eigenvalue weighted by molar-refractivity contribution is 7.99. The van der Waals surface area contributed by atoms with Crippen LogP contribution in [-0.4, -0.2) is 4.98 Å². The van der Waals surface area contributed by atoms with Gasteiger partial charge in [-0.15, -0.1) is 0 Å². The maximum absolute atomic E-state index is 5.80. The second-order valence-corrected chi connectivity index (χ2v) is 4.79. The molecule has 0 aliphatic carbocycles. The third-order valence-electron chi connectivity index (χ3n) is 2.29. The Morgan fingerprint density at radius 1 is 1.00 bits per heavy atom. The van der Waals surface area contributed by atoms with Crippen molar-refractivity contribution >= 4 is 11.8 Å². The molecule has 0 saturated carbocycles. The van der Waals surface area contributed by atoms with Crippen LogP contribution in [-0.2, 0) is 0 Å². The highest BCUT2D eigenvalue weighted by Gasteiger charge is 2.00. The Labute approximate surface area is 99.9 Å². The third-order valence-corrected chi connectivity index (χ3v) is 3.31. The predicted molar refractivity (Wildman–Crippen MR) is 67.4 cm³/mol. The van der Waals surface area contributed by atoms with Gasteiger partial charge in [-0.3, -0.25) is 4.98 Å². The summed E-state index contributed by atoms with van der Waals surface area (Å²) in [6.45, 7) is 1.99. The molecular formula is C13H14N2S. The number of pyridine rings is 1. The molecule has 0 amide bonds. The van der Waals surface area contributed by atoms with E-state index in [9.17, 15) is 0 Å². The van der Waals surface area contributed by atoms with Gasteiger partial charge in [0, 0.05) is 28.2 Å². The topological polar surface area (TPSA) is 38.9 Å². The lowest BCUT2D eigenvalue weighted by molar-refractivity contribution is 0.817. The minimum absolute atomic E-state index is 0.0972. The fourth-order valence-corrected chi connectivity index (χ4v) is 2.18. The average Bonchev–Trinajstić information content (AvgIpc) is 2.31. The Balaban J connectivity index is 2.11. The number of hydrogen-bond acceptors (Lipinski definition) is 3. The first-order valence-corrected chi connectivity index (χ1v) is 6.01. The van der Waals surface area contributed by atoms with Crippen molar-refractivity contribution in [3.8, 4) is 0 Å². The van der Waals surface area contributed by atoms with Crippen LogP contribution in [0.5, 0.6) is 0 Å². The van der Waals surface area contributed by atoms with E-state index in [0.29, 0.717) is 0 Å². The van der Waals surface area contributed by atoms with E-state index in [1.54, 1.807) is 24.2 Å². The van der Waals surface area contributed by atoms with Gasteiger partial charge in [-0.1, -0.05) is 23.9 Å². The van der Waals surface area contributed by atoms with Crippen molar-refractivity contribution < 1.29 is 0 Å². The van der Waals surface area contributed by atoms with E-state index in [2.05, 4.69) is 29.2 Å².